The number of aliphatic hydroxyl groups excluding tert-OH is 1. The number of nitrogens with zero attached hydrogens (tertiary/aromatic N) is 2. The minimum absolute atomic E-state index is 0.120. The molecule has 2 bridgehead atoms. The Morgan fingerprint density at radius 3 is 2.57 bits per heavy atom. The average Bonchev–Trinajstić information content (AvgIpc) is 3.19. The molecule has 2 amide bonds. The standard InChI is InChI=1S/C15H12N2O6/c18-7-15-6-5-10(23-15)11-12(15)14(20)16(13(11)19)8-1-3-9(4-2-8)17(21)22/h1-6,10-12,18H,7H2/t10-,11+,12-,15+/m0/s1. The first-order valence-corrected chi connectivity index (χ1v) is 7.09. The van der Waals surface area contributed by atoms with Crippen molar-refractivity contribution in [2.24, 2.45) is 11.8 Å². The third kappa shape index (κ3) is 1.67. The number of carbonyl (C=O) groups excluding carboxylic acids is 2. The molecule has 0 unspecified atom stereocenters. The van der Waals surface area contributed by atoms with Crippen molar-refractivity contribution in [3.63, 3.8) is 0 Å². The lowest BCUT2D eigenvalue weighted by atomic mass is 9.77. The van der Waals surface area contributed by atoms with E-state index >= 15 is 0 Å². The molecule has 1 aromatic rings. The van der Waals surface area contributed by atoms with Crippen LogP contribution >= 0.6 is 0 Å². The number of amides is 2. The summed E-state index contributed by atoms with van der Waals surface area (Å²) in [5, 5.41) is 20.3. The zero-order chi connectivity index (χ0) is 16.4. The van der Waals surface area contributed by atoms with Gasteiger partial charge in [0.25, 0.3) is 5.69 Å². The molecule has 4 rings (SSSR count). The average molecular weight is 316 g/mol. The van der Waals surface area contributed by atoms with Gasteiger partial charge in [-0.1, -0.05) is 12.2 Å². The van der Waals surface area contributed by atoms with Crippen LogP contribution in [0, 0.1) is 22.0 Å². The monoisotopic (exact) mass is 316 g/mol. The Morgan fingerprint density at radius 1 is 1.26 bits per heavy atom. The highest BCUT2D eigenvalue weighted by Crippen LogP contribution is 2.52. The molecule has 3 aliphatic rings. The number of anilines is 1. The molecule has 1 aromatic carbocycles. The van der Waals surface area contributed by atoms with Gasteiger partial charge >= 0.3 is 0 Å². The molecule has 2 fully saturated rings. The van der Waals surface area contributed by atoms with Crippen molar-refractivity contribution in [2.45, 2.75) is 11.7 Å². The van der Waals surface area contributed by atoms with Crippen molar-refractivity contribution in [3.05, 3.63) is 46.5 Å². The minimum Gasteiger partial charge on any atom is -0.393 e. The van der Waals surface area contributed by atoms with E-state index in [0.717, 1.165) is 4.90 Å². The molecule has 0 aromatic heterocycles. The molecule has 0 saturated carbocycles. The van der Waals surface area contributed by atoms with Crippen molar-refractivity contribution in [1.29, 1.82) is 0 Å². The highest BCUT2D eigenvalue weighted by molar-refractivity contribution is 6.23. The van der Waals surface area contributed by atoms with Gasteiger partial charge in [-0.05, 0) is 12.1 Å². The SMILES string of the molecule is O=C1[C@@H]2[C@@H]3C=C[C@](CO)(O3)[C@@H]2C(=O)N1c1ccc([N+](=O)[O-])cc1. The van der Waals surface area contributed by atoms with Crippen molar-refractivity contribution in [3.8, 4) is 0 Å². The van der Waals surface area contributed by atoms with E-state index in [-0.39, 0.29) is 18.0 Å². The van der Waals surface area contributed by atoms with Gasteiger partial charge in [-0.15, -0.1) is 0 Å². The van der Waals surface area contributed by atoms with Crippen LogP contribution in [0.4, 0.5) is 11.4 Å². The lowest BCUT2D eigenvalue weighted by Crippen LogP contribution is -2.43. The van der Waals surface area contributed by atoms with Crippen molar-refractivity contribution < 1.29 is 24.4 Å². The Hall–Kier alpha value is -2.58. The molecule has 0 aliphatic carbocycles. The molecule has 8 nitrogen and oxygen atoms in total. The van der Waals surface area contributed by atoms with Crippen LogP contribution in [-0.2, 0) is 14.3 Å². The van der Waals surface area contributed by atoms with Gasteiger partial charge in [0.1, 0.15) is 5.60 Å². The van der Waals surface area contributed by atoms with Crippen LogP contribution in [0.1, 0.15) is 0 Å². The van der Waals surface area contributed by atoms with E-state index in [1.807, 2.05) is 0 Å². The molecular weight excluding hydrogens is 304 g/mol. The van der Waals surface area contributed by atoms with Gasteiger partial charge in [0.15, 0.2) is 0 Å². The second-order valence-electron chi connectivity index (χ2n) is 5.84. The summed E-state index contributed by atoms with van der Waals surface area (Å²) >= 11 is 0. The quantitative estimate of drug-likeness (QED) is 0.374. The number of carbonyl (C=O) groups is 2. The normalized spacial score (nSPS) is 34.3. The first kappa shape index (κ1) is 14.0. The van der Waals surface area contributed by atoms with Crippen LogP contribution in [0.5, 0.6) is 0 Å². The molecule has 23 heavy (non-hydrogen) atoms. The van der Waals surface area contributed by atoms with Crippen LogP contribution in [0.3, 0.4) is 0 Å². The summed E-state index contributed by atoms with van der Waals surface area (Å²) in [7, 11) is 0. The lowest BCUT2D eigenvalue weighted by molar-refractivity contribution is -0.384. The molecule has 3 heterocycles. The topological polar surface area (TPSA) is 110 Å². The van der Waals surface area contributed by atoms with E-state index in [0.29, 0.717) is 0 Å². The molecule has 3 aliphatic heterocycles. The molecule has 4 atom stereocenters. The van der Waals surface area contributed by atoms with E-state index in [9.17, 15) is 24.8 Å². The summed E-state index contributed by atoms with van der Waals surface area (Å²) in [4.78, 5) is 36.5. The summed E-state index contributed by atoms with van der Waals surface area (Å²) in [6.07, 6.45) is 2.82. The Morgan fingerprint density at radius 2 is 1.96 bits per heavy atom. The van der Waals surface area contributed by atoms with Crippen LogP contribution < -0.4 is 4.90 Å². The molecule has 2 saturated heterocycles. The van der Waals surface area contributed by atoms with Crippen LogP contribution in [-0.4, -0.2) is 40.2 Å². The highest BCUT2D eigenvalue weighted by Gasteiger charge is 2.67. The molecule has 0 radical (unpaired) electrons. The van der Waals surface area contributed by atoms with E-state index < -0.39 is 40.3 Å². The number of benzene rings is 1. The summed E-state index contributed by atoms with van der Waals surface area (Å²) in [5.74, 6) is -2.27. The van der Waals surface area contributed by atoms with Gasteiger partial charge in [-0.2, -0.15) is 0 Å². The zero-order valence-corrected chi connectivity index (χ0v) is 11.8. The Balaban J connectivity index is 1.72. The number of nitro benzene ring substituents is 1. The number of aliphatic hydroxyl groups is 1. The zero-order valence-electron chi connectivity index (χ0n) is 11.8. The van der Waals surface area contributed by atoms with Gasteiger partial charge in [-0.3, -0.25) is 19.7 Å². The molecule has 1 N–H and O–H groups in total. The molecular formula is C15H12N2O6. The highest BCUT2D eigenvalue weighted by atomic mass is 16.6. The Kier molecular flexibility index (Phi) is 2.72. The van der Waals surface area contributed by atoms with E-state index in [2.05, 4.69) is 0 Å². The van der Waals surface area contributed by atoms with Gasteiger partial charge < -0.3 is 9.84 Å². The van der Waals surface area contributed by atoms with E-state index in [1.54, 1.807) is 12.2 Å². The Bertz CT molecular complexity index is 758. The number of hydrogen-bond donors (Lipinski definition) is 1. The first-order valence-electron chi connectivity index (χ1n) is 7.09. The number of fused-ring (bicyclic) bond motifs is 5. The van der Waals surface area contributed by atoms with Gasteiger partial charge in [0.05, 0.1) is 35.2 Å². The fourth-order valence-corrected chi connectivity index (χ4v) is 3.66. The molecule has 118 valence electrons. The Labute approximate surface area is 130 Å². The minimum atomic E-state index is -1.14. The van der Waals surface area contributed by atoms with Gasteiger partial charge in [0.2, 0.25) is 11.8 Å². The molecule has 8 heteroatoms. The van der Waals surface area contributed by atoms with Gasteiger partial charge in [-0.25, -0.2) is 4.90 Å². The summed E-state index contributed by atoms with van der Waals surface area (Å²) in [6.45, 7) is -0.381. The van der Waals surface area contributed by atoms with Crippen LogP contribution in [0.25, 0.3) is 0 Å². The smallest absolute Gasteiger partial charge is 0.269 e. The van der Waals surface area contributed by atoms with Gasteiger partial charge in [0, 0.05) is 12.1 Å². The molecule has 0 spiro atoms. The fourth-order valence-electron chi connectivity index (χ4n) is 3.66. The maximum Gasteiger partial charge on any atom is 0.269 e. The van der Waals surface area contributed by atoms with Crippen molar-refractivity contribution in [2.75, 3.05) is 11.5 Å². The first-order chi connectivity index (χ1) is 11.0. The fraction of sp³-hybridized carbons (Fsp3) is 0.333. The predicted molar refractivity (Wildman–Crippen MR) is 76.4 cm³/mol. The lowest BCUT2D eigenvalue weighted by Gasteiger charge is -2.26. The summed E-state index contributed by atoms with van der Waals surface area (Å²) in [5.41, 5.74) is -0.977. The number of ether oxygens (including phenoxy) is 1. The van der Waals surface area contributed by atoms with E-state index in [4.69, 9.17) is 4.74 Å². The summed E-state index contributed by atoms with van der Waals surface area (Å²) in [6, 6.07) is 5.23. The van der Waals surface area contributed by atoms with Crippen molar-refractivity contribution >= 4 is 23.2 Å². The summed E-state index contributed by atoms with van der Waals surface area (Å²) < 4.78 is 5.63. The second-order valence-corrected chi connectivity index (χ2v) is 5.84. The third-order valence-electron chi connectivity index (χ3n) is 4.72. The third-order valence-corrected chi connectivity index (χ3v) is 4.72. The number of nitro groups is 1. The number of hydrogen-bond acceptors (Lipinski definition) is 6. The maximum atomic E-state index is 12.7. The largest absolute Gasteiger partial charge is 0.393 e. The number of imide groups is 1. The second kappa shape index (κ2) is 4.46. The van der Waals surface area contributed by atoms with Crippen LogP contribution in [0.2, 0.25) is 0 Å². The van der Waals surface area contributed by atoms with E-state index in [1.165, 1.54) is 24.3 Å². The maximum absolute atomic E-state index is 12.7. The number of non-ortho nitro benzene ring substituents is 1. The van der Waals surface area contributed by atoms with Crippen molar-refractivity contribution in [1.82, 2.24) is 0 Å². The number of rotatable bonds is 3. The van der Waals surface area contributed by atoms with Crippen LogP contribution in [0.15, 0.2) is 36.4 Å². The predicted octanol–water partition coefficient (Wildman–Crippen LogP) is 0.400.